The Bertz CT molecular complexity index is 2780. The normalized spacial score (nSPS) is 13.9. The lowest BCUT2D eigenvalue weighted by Gasteiger charge is -2.23. The second-order valence-corrected chi connectivity index (χ2v) is 13.8. The monoisotopic (exact) mass is 769 g/mol. The van der Waals surface area contributed by atoms with Crippen LogP contribution < -0.4 is 26.6 Å². The Labute approximate surface area is 323 Å². The first-order chi connectivity index (χ1) is 27.3. The van der Waals surface area contributed by atoms with Crippen LogP contribution >= 0.6 is 0 Å². The Morgan fingerprint density at radius 3 is 2.28 bits per heavy atom. The molecule has 2 amide bonds. The lowest BCUT2D eigenvalue weighted by atomic mass is 9.82. The minimum atomic E-state index is -1.34. The van der Waals surface area contributed by atoms with Crippen molar-refractivity contribution in [3.05, 3.63) is 145 Å². The van der Waals surface area contributed by atoms with E-state index in [1.807, 2.05) is 25.1 Å². The summed E-state index contributed by atoms with van der Waals surface area (Å²) in [5.74, 6) is -4.50. The van der Waals surface area contributed by atoms with Crippen molar-refractivity contribution in [2.45, 2.75) is 25.9 Å². The van der Waals surface area contributed by atoms with Crippen molar-refractivity contribution < 1.29 is 43.3 Å². The molecular formula is C43H35N3O11. The molecule has 3 aromatic carbocycles. The van der Waals surface area contributed by atoms with Gasteiger partial charge in [-0.05, 0) is 71.7 Å². The van der Waals surface area contributed by atoms with E-state index in [1.165, 1.54) is 42.5 Å². The van der Waals surface area contributed by atoms with Crippen LogP contribution in [0, 0.1) is 5.92 Å². The molecule has 0 radical (unpaired) electrons. The number of phenolic OH excluding ortho intramolecular Hbond substituents is 1. The molecule has 14 heteroatoms. The molecule has 5 N–H and O–H groups in total. The number of hydrogen-bond donors (Lipinski definition) is 5. The molecule has 0 saturated carbocycles. The Balaban J connectivity index is 1.07. The molecule has 4 aromatic rings. The molecule has 0 fully saturated rings. The zero-order chi connectivity index (χ0) is 40.5. The number of aliphatic carboxylic acids is 2. The van der Waals surface area contributed by atoms with Crippen molar-refractivity contribution in [1.29, 1.82) is 0 Å². The van der Waals surface area contributed by atoms with Gasteiger partial charge in [-0.2, -0.15) is 0 Å². The van der Waals surface area contributed by atoms with Crippen LogP contribution in [0.15, 0.2) is 115 Å². The number of nitrogens with one attached hydrogen (secondary N) is 2. The number of carboxylic acids is 2. The number of benzene rings is 4. The molecule has 1 unspecified atom stereocenters. The molecule has 14 nitrogen and oxygen atoms in total. The number of aromatic hydroxyl groups is 1. The van der Waals surface area contributed by atoms with Gasteiger partial charge in [-0.25, -0.2) is 9.59 Å². The van der Waals surface area contributed by atoms with Gasteiger partial charge in [0.1, 0.15) is 22.7 Å². The number of carbonyl (C=O) groups excluding carboxylic acids is 2. The first-order valence-electron chi connectivity index (χ1n) is 17.8. The van der Waals surface area contributed by atoms with Crippen molar-refractivity contribution in [3.63, 3.8) is 0 Å². The van der Waals surface area contributed by atoms with E-state index in [9.17, 15) is 44.1 Å². The van der Waals surface area contributed by atoms with E-state index in [0.717, 1.165) is 5.69 Å². The molecule has 1 aliphatic heterocycles. The van der Waals surface area contributed by atoms with Gasteiger partial charge in [-0.1, -0.05) is 24.3 Å². The van der Waals surface area contributed by atoms with Gasteiger partial charge in [-0.3, -0.25) is 19.2 Å². The summed E-state index contributed by atoms with van der Waals surface area (Å²) < 4.78 is 11.5. The topological polar surface area (TPSA) is 217 Å². The fourth-order valence-electron chi connectivity index (χ4n) is 6.87. The maximum Gasteiger partial charge on any atom is 0.336 e. The van der Waals surface area contributed by atoms with Gasteiger partial charge >= 0.3 is 17.6 Å². The first-order valence-corrected chi connectivity index (χ1v) is 17.8. The van der Waals surface area contributed by atoms with Crippen LogP contribution in [0.3, 0.4) is 0 Å². The quantitative estimate of drug-likeness (QED) is 0.0863. The minimum absolute atomic E-state index is 0.0196. The molecule has 0 saturated heterocycles. The fraction of sp³-hybridized carbons (Fsp3) is 0.163. The molecule has 57 heavy (non-hydrogen) atoms. The number of phenols is 1. The summed E-state index contributed by atoms with van der Waals surface area (Å²) in [6, 6.07) is 20.2. The van der Waals surface area contributed by atoms with E-state index in [4.69, 9.17) is 8.83 Å². The third kappa shape index (κ3) is 7.73. The molecule has 0 spiro atoms. The van der Waals surface area contributed by atoms with Crippen LogP contribution in [-0.2, 0) is 33.9 Å². The number of rotatable bonds is 11. The van der Waals surface area contributed by atoms with E-state index in [0.29, 0.717) is 38.6 Å². The average Bonchev–Trinajstić information content (AvgIpc) is 3.18. The maximum absolute atomic E-state index is 13.3. The summed E-state index contributed by atoms with van der Waals surface area (Å²) in [6.45, 7) is -0.120. The molecule has 2 aliphatic carbocycles. The highest BCUT2D eigenvalue weighted by Crippen LogP contribution is 2.43. The fourth-order valence-corrected chi connectivity index (χ4v) is 6.87. The summed E-state index contributed by atoms with van der Waals surface area (Å²) in [6.07, 6.45) is 2.67. The number of amides is 2. The summed E-state index contributed by atoms with van der Waals surface area (Å²) in [5, 5.41) is 36.6. The average molecular weight is 770 g/mol. The van der Waals surface area contributed by atoms with Crippen molar-refractivity contribution in [2.75, 3.05) is 19.0 Å². The van der Waals surface area contributed by atoms with Crippen molar-refractivity contribution >= 4 is 57.0 Å². The zero-order valence-electron chi connectivity index (χ0n) is 30.6. The molecule has 3 aliphatic rings. The van der Waals surface area contributed by atoms with Crippen LogP contribution in [0.1, 0.15) is 39.0 Å². The van der Waals surface area contributed by atoms with Gasteiger partial charge in [0.25, 0.3) is 5.91 Å². The Kier molecular flexibility index (Phi) is 10.2. The van der Waals surface area contributed by atoms with Gasteiger partial charge in [0.05, 0.1) is 30.0 Å². The van der Waals surface area contributed by atoms with Crippen LogP contribution in [0.5, 0.6) is 5.75 Å². The lowest BCUT2D eigenvalue weighted by Crippen LogP contribution is -2.27. The summed E-state index contributed by atoms with van der Waals surface area (Å²) in [4.78, 5) is 77.7. The smallest absolute Gasteiger partial charge is 0.336 e. The van der Waals surface area contributed by atoms with Crippen LogP contribution in [0.2, 0.25) is 0 Å². The summed E-state index contributed by atoms with van der Waals surface area (Å²) in [7, 11) is 3.73. The van der Waals surface area contributed by atoms with Gasteiger partial charge in [0, 0.05) is 72.0 Å². The predicted octanol–water partition coefficient (Wildman–Crippen LogP) is 5.06. The molecule has 7 rings (SSSR count). The molecule has 1 aromatic heterocycles. The third-order valence-corrected chi connectivity index (χ3v) is 9.80. The van der Waals surface area contributed by atoms with Crippen LogP contribution in [-0.4, -0.2) is 53.2 Å². The standard InChI is InChI=1S/C43H35N3O11/c1-46(2)26-8-11-28-25(17-38(50)56-35(28)18-26)16-37(49)44-20-22-3-5-23(6-4-22)41(51)45-21-33-34(48)14-13-31-39(30-12-9-27(47)19-36(30)57-40(31)33)29-10-7-24(42(52)53)15-32(29)43(54)55/h3-6,8-15,17-19,24,47H,7,16,20-21H2,1-2H3,(H,44,49)(H,45,51)(H,52,53)(H,54,55). The highest BCUT2D eigenvalue weighted by Gasteiger charge is 2.30. The van der Waals surface area contributed by atoms with Crippen LogP contribution in [0.25, 0.3) is 38.8 Å². The highest BCUT2D eigenvalue weighted by molar-refractivity contribution is 6.13. The van der Waals surface area contributed by atoms with Crippen LogP contribution in [0.4, 0.5) is 5.69 Å². The van der Waals surface area contributed by atoms with Crippen molar-refractivity contribution in [2.24, 2.45) is 5.92 Å². The highest BCUT2D eigenvalue weighted by atomic mass is 16.4. The molecule has 2 heterocycles. The van der Waals surface area contributed by atoms with Gasteiger partial charge in [0.2, 0.25) is 5.91 Å². The van der Waals surface area contributed by atoms with E-state index >= 15 is 0 Å². The SMILES string of the molecule is CN(C)c1ccc2c(CC(=O)NCc3ccc(C(=O)NCc4c5oc6cc(O)ccc6c(C6=CCC(C(=O)O)C=C6C(=O)O)c-5ccc4=O)cc3)cc(=O)oc2c1. The minimum Gasteiger partial charge on any atom is -0.508 e. The Morgan fingerprint density at radius 1 is 0.825 bits per heavy atom. The van der Waals surface area contributed by atoms with Gasteiger partial charge < -0.3 is 39.7 Å². The number of hydrogen-bond acceptors (Lipinski definition) is 10. The van der Waals surface area contributed by atoms with Gasteiger partial charge in [0.15, 0.2) is 5.43 Å². The maximum atomic E-state index is 13.3. The van der Waals surface area contributed by atoms with E-state index in [2.05, 4.69) is 10.6 Å². The molecule has 0 bridgehead atoms. The third-order valence-electron chi connectivity index (χ3n) is 9.80. The van der Waals surface area contributed by atoms with E-state index in [1.54, 1.807) is 42.5 Å². The number of carbonyl (C=O) groups is 4. The van der Waals surface area contributed by atoms with E-state index in [-0.39, 0.29) is 71.2 Å². The van der Waals surface area contributed by atoms with Gasteiger partial charge in [-0.15, -0.1) is 0 Å². The second-order valence-electron chi connectivity index (χ2n) is 13.8. The molecular weight excluding hydrogens is 734 g/mol. The van der Waals surface area contributed by atoms with E-state index < -0.39 is 34.8 Å². The molecule has 1 atom stereocenters. The molecule has 288 valence electrons. The number of carboxylic acid groups (broad SMARTS) is 2. The second kappa shape index (κ2) is 15.3. The number of fused-ring (bicyclic) bond motifs is 3. The van der Waals surface area contributed by atoms with Crippen molar-refractivity contribution in [1.82, 2.24) is 10.6 Å². The summed E-state index contributed by atoms with van der Waals surface area (Å²) in [5.41, 5.74) is 2.58. The number of nitrogens with zero attached hydrogens (tertiary/aromatic N) is 1. The Hall–Kier alpha value is -7.48. The largest absolute Gasteiger partial charge is 0.508 e. The summed E-state index contributed by atoms with van der Waals surface area (Å²) >= 11 is 0. The predicted molar refractivity (Wildman–Crippen MR) is 210 cm³/mol. The number of allylic oxidation sites excluding steroid dienone is 1. The van der Waals surface area contributed by atoms with Crippen molar-refractivity contribution in [3.8, 4) is 17.1 Å². The zero-order valence-corrected chi connectivity index (χ0v) is 30.6. The Morgan fingerprint density at radius 2 is 1.56 bits per heavy atom. The number of anilines is 1. The first kappa shape index (κ1) is 37.8. The lowest BCUT2D eigenvalue weighted by molar-refractivity contribution is -0.140.